The molecule has 3 heteroatoms. The fraction of sp³-hybridized carbons (Fsp3) is 0. The first-order valence-electron chi connectivity index (χ1n) is 11.2. The molecule has 8 rings (SSSR count). The molecule has 3 aromatic heterocycles. The molecule has 0 amide bonds. The topological polar surface area (TPSA) is 9.34 Å². The smallest absolute Gasteiger partial charge is 0.0620 e. The third-order valence-corrected chi connectivity index (χ3v) is 7.42. The van der Waals surface area contributed by atoms with E-state index in [-0.39, 0.29) is 0 Å². The molecule has 5 aromatic carbocycles. The second kappa shape index (κ2) is 6.06. The number of nitrogens with zero attached hydrogens (tertiary/aromatic N) is 2. The Hall–Kier alpha value is -4.01. The van der Waals surface area contributed by atoms with E-state index in [4.69, 9.17) is 11.6 Å². The number of hydrogen-bond acceptors (Lipinski definition) is 0. The van der Waals surface area contributed by atoms with Crippen LogP contribution in [0.4, 0.5) is 0 Å². The van der Waals surface area contributed by atoms with Crippen LogP contribution in [0.5, 0.6) is 0 Å². The molecule has 0 N–H and O–H groups in total. The minimum atomic E-state index is 0.788. The van der Waals surface area contributed by atoms with E-state index in [1.54, 1.807) is 0 Å². The molecule has 0 bridgehead atoms. The van der Waals surface area contributed by atoms with Crippen molar-refractivity contribution in [2.75, 3.05) is 0 Å². The molecule has 3 heterocycles. The maximum atomic E-state index is 6.99. The lowest BCUT2D eigenvalue weighted by molar-refractivity contribution is 1.18. The van der Waals surface area contributed by atoms with E-state index < -0.39 is 0 Å². The number of aromatic nitrogens is 2. The van der Waals surface area contributed by atoms with Gasteiger partial charge in [-0.3, -0.25) is 0 Å². The molecule has 154 valence electrons. The lowest BCUT2D eigenvalue weighted by atomic mass is 10.0. The summed E-state index contributed by atoms with van der Waals surface area (Å²) in [6.45, 7) is 0. The molecule has 0 radical (unpaired) electrons. The van der Waals surface area contributed by atoms with Crippen molar-refractivity contribution in [1.29, 1.82) is 0 Å². The van der Waals surface area contributed by atoms with Crippen molar-refractivity contribution in [2.45, 2.75) is 0 Å². The Morgan fingerprint density at radius 2 is 1.12 bits per heavy atom. The summed E-state index contributed by atoms with van der Waals surface area (Å²) in [5.74, 6) is 0. The van der Waals surface area contributed by atoms with Crippen LogP contribution in [0.2, 0.25) is 5.02 Å². The van der Waals surface area contributed by atoms with Gasteiger partial charge in [0, 0.05) is 43.0 Å². The van der Waals surface area contributed by atoms with Crippen LogP contribution in [-0.4, -0.2) is 8.97 Å². The number of benzene rings is 5. The minimum Gasteiger partial charge on any atom is -0.309 e. The number of rotatable bonds is 1. The van der Waals surface area contributed by atoms with Crippen LogP contribution < -0.4 is 0 Å². The Bertz CT molecular complexity index is 2030. The highest BCUT2D eigenvalue weighted by molar-refractivity contribution is 6.42. The molecule has 0 atom stereocenters. The van der Waals surface area contributed by atoms with Crippen LogP contribution in [0, 0.1) is 0 Å². The summed E-state index contributed by atoms with van der Waals surface area (Å²) in [6.07, 6.45) is 0. The second-order valence-corrected chi connectivity index (χ2v) is 9.12. The molecule has 2 nitrogen and oxygen atoms in total. The Balaban J connectivity index is 1.82. The lowest BCUT2D eigenvalue weighted by Crippen LogP contribution is -1.93. The molecule has 33 heavy (non-hydrogen) atoms. The third kappa shape index (κ3) is 2.05. The van der Waals surface area contributed by atoms with Gasteiger partial charge >= 0.3 is 0 Å². The van der Waals surface area contributed by atoms with Crippen molar-refractivity contribution < 1.29 is 0 Å². The summed E-state index contributed by atoms with van der Waals surface area (Å²) >= 11 is 6.99. The Morgan fingerprint density at radius 1 is 0.455 bits per heavy atom. The summed E-state index contributed by atoms with van der Waals surface area (Å²) in [7, 11) is 0. The van der Waals surface area contributed by atoms with Crippen molar-refractivity contribution in [3.63, 3.8) is 0 Å². The van der Waals surface area contributed by atoms with E-state index in [2.05, 4.69) is 106 Å². The lowest BCUT2D eigenvalue weighted by Gasteiger charge is -2.09. The number of fused-ring (bicyclic) bond motifs is 5. The van der Waals surface area contributed by atoms with Gasteiger partial charge in [-0.1, -0.05) is 72.3 Å². The van der Waals surface area contributed by atoms with Crippen LogP contribution in [0.25, 0.3) is 65.6 Å². The third-order valence-electron chi connectivity index (χ3n) is 7.10. The zero-order valence-electron chi connectivity index (χ0n) is 17.6. The van der Waals surface area contributed by atoms with Crippen molar-refractivity contribution >= 4 is 71.5 Å². The van der Waals surface area contributed by atoms with Gasteiger partial charge < -0.3 is 8.97 Å². The van der Waals surface area contributed by atoms with E-state index >= 15 is 0 Å². The van der Waals surface area contributed by atoms with Crippen molar-refractivity contribution in [1.82, 2.24) is 8.97 Å². The van der Waals surface area contributed by atoms with Gasteiger partial charge in [-0.25, -0.2) is 0 Å². The quantitative estimate of drug-likeness (QED) is 0.242. The van der Waals surface area contributed by atoms with Crippen molar-refractivity contribution in [3.8, 4) is 5.69 Å². The van der Waals surface area contributed by atoms with Crippen LogP contribution in [0.15, 0.2) is 103 Å². The highest BCUT2D eigenvalue weighted by atomic mass is 35.5. The summed E-state index contributed by atoms with van der Waals surface area (Å²) in [5, 5.41) is 8.08. The van der Waals surface area contributed by atoms with Gasteiger partial charge in [0.15, 0.2) is 0 Å². The van der Waals surface area contributed by atoms with Crippen LogP contribution in [0.3, 0.4) is 0 Å². The van der Waals surface area contributed by atoms with Gasteiger partial charge in [-0.15, -0.1) is 0 Å². The first-order valence-corrected chi connectivity index (χ1v) is 11.5. The van der Waals surface area contributed by atoms with Crippen molar-refractivity contribution in [2.24, 2.45) is 0 Å². The molecule has 0 spiro atoms. The average molecular weight is 441 g/mol. The van der Waals surface area contributed by atoms with Gasteiger partial charge in [0.25, 0.3) is 0 Å². The summed E-state index contributed by atoms with van der Waals surface area (Å²) in [5.41, 5.74) is 7.16. The van der Waals surface area contributed by atoms with Gasteiger partial charge in [0.1, 0.15) is 0 Å². The predicted molar refractivity (Wildman–Crippen MR) is 140 cm³/mol. The maximum Gasteiger partial charge on any atom is 0.0620 e. The summed E-state index contributed by atoms with van der Waals surface area (Å²) in [4.78, 5) is 0. The molecule has 0 aliphatic rings. The molecule has 0 unspecified atom stereocenters. The number of para-hydroxylation sites is 3. The monoisotopic (exact) mass is 440 g/mol. The molecule has 0 aliphatic heterocycles. The normalized spacial score (nSPS) is 12.4. The van der Waals surface area contributed by atoms with E-state index in [9.17, 15) is 0 Å². The zero-order valence-corrected chi connectivity index (χ0v) is 18.3. The first-order chi connectivity index (χ1) is 16.3. The highest BCUT2D eigenvalue weighted by Gasteiger charge is 2.22. The molecule has 0 saturated heterocycles. The van der Waals surface area contributed by atoms with Crippen LogP contribution >= 0.6 is 11.6 Å². The van der Waals surface area contributed by atoms with Gasteiger partial charge in [-0.2, -0.15) is 0 Å². The standard InChI is InChI=1S/C30H17ClN2/c31-22-16-17-26-29-27(22)21-12-6-11-20-19-10-4-5-13-23(19)33(30(20)21)25-15-7-14-24(28(25)29)32(26)18-8-2-1-3-9-18/h1-17H. The Morgan fingerprint density at radius 3 is 2.03 bits per heavy atom. The highest BCUT2D eigenvalue weighted by Crippen LogP contribution is 2.45. The SMILES string of the molecule is Clc1ccc2c3c1c1cccc4c5ccccc5n(c5cccc(c35)n2-c2ccccc2)c41. The largest absolute Gasteiger partial charge is 0.309 e. The van der Waals surface area contributed by atoms with Crippen molar-refractivity contribution in [3.05, 3.63) is 108 Å². The summed E-state index contributed by atoms with van der Waals surface area (Å²) < 4.78 is 4.80. The van der Waals surface area contributed by atoms with Gasteiger partial charge in [0.05, 0.1) is 27.6 Å². The molecule has 0 saturated carbocycles. The van der Waals surface area contributed by atoms with Gasteiger partial charge in [0.2, 0.25) is 0 Å². The van der Waals surface area contributed by atoms with E-state index in [0.29, 0.717) is 0 Å². The first kappa shape index (κ1) is 17.5. The number of hydrogen-bond donors (Lipinski definition) is 0. The predicted octanol–water partition coefficient (Wildman–Crippen LogP) is 8.59. The fourth-order valence-corrected chi connectivity index (χ4v) is 6.14. The zero-order chi connectivity index (χ0) is 21.7. The fourth-order valence-electron chi connectivity index (χ4n) is 5.88. The molecular weight excluding hydrogens is 424 g/mol. The average Bonchev–Trinajstić information content (AvgIpc) is 3.33. The minimum absolute atomic E-state index is 0.788. The maximum absolute atomic E-state index is 6.99. The molecule has 0 aliphatic carbocycles. The van der Waals surface area contributed by atoms with Crippen LogP contribution in [-0.2, 0) is 0 Å². The number of halogens is 1. The summed E-state index contributed by atoms with van der Waals surface area (Å²) in [6, 6.07) is 36.7. The molecular formula is C30H17ClN2. The van der Waals surface area contributed by atoms with E-state index in [0.717, 1.165) is 16.1 Å². The molecule has 8 aromatic rings. The van der Waals surface area contributed by atoms with Gasteiger partial charge in [-0.05, 0) is 42.5 Å². The second-order valence-electron chi connectivity index (χ2n) is 8.71. The van der Waals surface area contributed by atoms with E-state index in [1.807, 2.05) is 6.07 Å². The Labute approximate surface area is 194 Å². The molecule has 0 fully saturated rings. The van der Waals surface area contributed by atoms with E-state index in [1.165, 1.54) is 54.5 Å². The Kier molecular flexibility index (Phi) is 3.22. The van der Waals surface area contributed by atoms with Crippen LogP contribution in [0.1, 0.15) is 0 Å².